The minimum atomic E-state index is 0.326. The van der Waals surface area contributed by atoms with Crippen LogP contribution in [0.1, 0.15) is 58.4 Å². The molecule has 2 heterocycles. The average Bonchev–Trinajstić information content (AvgIpc) is 2.90. The van der Waals surface area contributed by atoms with Gasteiger partial charge in [0.1, 0.15) is 0 Å². The SMILES string of the molecule is CC.CCC(=O)N1CCCCCC1.c1ccc2c(c1)CCN2. The van der Waals surface area contributed by atoms with Gasteiger partial charge in [0.25, 0.3) is 0 Å². The molecule has 0 spiro atoms. The number of likely N-dealkylation sites (tertiary alicyclic amines) is 1. The van der Waals surface area contributed by atoms with Gasteiger partial charge in [-0.05, 0) is 30.9 Å². The normalized spacial score (nSPS) is 16.0. The summed E-state index contributed by atoms with van der Waals surface area (Å²) in [7, 11) is 0. The Morgan fingerprint density at radius 1 is 1.09 bits per heavy atom. The van der Waals surface area contributed by atoms with E-state index in [4.69, 9.17) is 0 Å². The zero-order valence-corrected chi connectivity index (χ0v) is 14.5. The first-order valence-electron chi connectivity index (χ1n) is 8.91. The molecule has 3 nitrogen and oxygen atoms in total. The van der Waals surface area contributed by atoms with Gasteiger partial charge in [-0.25, -0.2) is 0 Å². The average molecular weight is 304 g/mol. The molecule has 1 aromatic rings. The number of anilines is 1. The predicted octanol–water partition coefficient (Wildman–Crippen LogP) is 4.48. The summed E-state index contributed by atoms with van der Waals surface area (Å²) in [6, 6.07) is 8.46. The Kier molecular flexibility index (Phi) is 9.36. The Hall–Kier alpha value is -1.51. The molecule has 2 aliphatic heterocycles. The van der Waals surface area contributed by atoms with Gasteiger partial charge in [0.05, 0.1) is 0 Å². The van der Waals surface area contributed by atoms with E-state index < -0.39 is 0 Å². The number of hydrogen-bond acceptors (Lipinski definition) is 2. The molecule has 0 aromatic heterocycles. The van der Waals surface area contributed by atoms with Gasteiger partial charge < -0.3 is 10.2 Å². The molecule has 3 heteroatoms. The third-order valence-electron chi connectivity index (χ3n) is 3.99. The molecule has 124 valence electrons. The van der Waals surface area contributed by atoms with Crippen LogP contribution in [0.2, 0.25) is 0 Å². The van der Waals surface area contributed by atoms with E-state index in [1.54, 1.807) is 0 Å². The minimum absolute atomic E-state index is 0.326. The Bertz CT molecular complexity index is 400. The molecule has 0 unspecified atom stereocenters. The molecule has 0 atom stereocenters. The van der Waals surface area contributed by atoms with Crippen LogP contribution in [0.3, 0.4) is 0 Å². The van der Waals surface area contributed by atoms with Crippen molar-refractivity contribution in [3.05, 3.63) is 29.8 Å². The molecule has 1 aromatic carbocycles. The van der Waals surface area contributed by atoms with Crippen LogP contribution in [0.15, 0.2) is 24.3 Å². The smallest absolute Gasteiger partial charge is 0.222 e. The van der Waals surface area contributed by atoms with Crippen LogP contribution >= 0.6 is 0 Å². The summed E-state index contributed by atoms with van der Waals surface area (Å²) in [6.07, 6.45) is 6.86. The maximum absolute atomic E-state index is 11.2. The van der Waals surface area contributed by atoms with E-state index in [1.165, 1.54) is 43.4 Å². The zero-order chi connectivity index (χ0) is 16.2. The molecular formula is C19H32N2O. The number of fused-ring (bicyclic) bond motifs is 1. The summed E-state index contributed by atoms with van der Waals surface area (Å²) in [6.45, 7) is 9.03. The van der Waals surface area contributed by atoms with E-state index in [0.29, 0.717) is 12.3 Å². The number of carbonyl (C=O) groups excluding carboxylic acids is 1. The van der Waals surface area contributed by atoms with Gasteiger partial charge >= 0.3 is 0 Å². The summed E-state index contributed by atoms with van der Waals surface area (Å²) in [5.74, 6) is 0.326. The highest BCUT2D eigenvalue weighted by Crippen LogP contribution is 2.19. The molecule has 0 radical (unpaired) electrons. The summed E-state index contributed by atoms with van der Waals surface area (Å²) < 4.78 is 0. The van der Waals surface area contributed by atoms with E-state index in [-0.39, 0.29) is 0 Å². The first-order valence-corrected chi connectivity index (χ1v) is 8.91. The number of nitrogens with one attached hydrogen (secondary N) is 1. The van der Waals surface area contributed by atoms with E-state index in [1.807, 2.05) is 25.7 Å². The highest BCUT2D eigenvalue weighted by Gasteiger charge is 2.12. The van der Waals surface area contributed by atoms with E-state index in [2.05, 4.69) is 29.6 Å². The number of nitrogens with zero attached hydrogens (tertiary/aromatic N) is 1. The number of amides is 1. The van der Waals surface area contributed by atoms with Crippen LogP contribution in [-0.2, 0) is 11.2 Å². The predicted molar refractivity (Wildman–Crippen MR) is 95.3 cm³/mol. The van der Waals surface area contributed by atoms with Crippen molar-refractivity contribution in [1.82, 2.24) is 4.90 Å². The van der Waals surface area contributed by atoms with Crippen molar-refractivity contribution in [2.75, 3.05) is 25.0 Å². The maximum Gasteiger partial charge on any atom is 0.222 e. The highest BCUT2D eigenvalue weighted by molar-refractivity contribution is 5.75. The van der Waals surface area contributed by atoms with Gasteiger partial charge in [-0.15, -0.1) is 0 Å². The Balaban J connectivity index is 0.000000200. The number of rotatable bonds is 1. The van der Waals surface area contributed by atoms with Crippen LogP contribution in [0.5, 0.6) is 0 Å². The molecule has 1 N–H and O–H groups in total. The molecule has 1 saturated heterocycles. The number of hydrogen-bond donors (Lipinski definition) is 1. The van der Waals surface area contributed by atoms with Gasteiger partial charge in [0.15, 0.2) is 0 Å². The number of carbonyl (C=O) groups is 1. The lowest BCUT2D eigenvalue weighted by molar-refractivity contribution is -0.130. The number of benzene rings is 1. The second-order valence-corrected chi connectivity index (χ2v) is 5.48. The van der Waals surface area contributed by atoms with E-state index in [9.17, 15) is 4.79 Å². The molecule has 0 aliphatic carbocycles. The second kappa shape index (κ2) is 11.1. The topological polar surface area (TPSA) is 32.3 Å². The fraction of sp³-hybridized carbons (Fsp3) is 0.632. The van der Waals surface area contributed by atoms with Crippen molar-refractivity contribution < 1.29 is 4.79 Å². The highest BCUT2D eigenvalue weighted by atomic mass is 16.2. The molecule has 1 amide bonds. The lowest BCUT2D eigenvalue weighted by Gasteiger charge is -2.18. The first-order chi connectivity index (χ1) is 10.8. The summed E-state index contributed by atoms with van der Waals surface area (Å²) >= 11 is 0. The van der Waals surface area contributed by atoms with Gasteiger partial charge in [-0.3, -0.25) is 4.79 Å². The molecule has 0 bridgehead atoms. The van der Waals surface area contributed by atoms with Crippen molar-refractivity contribution in [3.8, 4) is 0 Å². The zero-order valence-electron chi connectivity index (χ0n) is 14.5. The van der Waals surface area contributed by atoms with Gasteiger partial charge in [-0.1, -0.05) is 51.8 Å². The van der Waals surface area contributed by atoms with E-state index in [0.717, 1.165) is 19.6 Å². The van der Waals surface area contributed by atoms with Crippen LogP contribution in [0.25, 0.3) is 0 Å². The summed E-state index contributed by atoms with van der Waals surface area (Å²) in [5.41, 5.74) is 2.77. The largest absolute Gasteiger partial charge is 0.384 e. The Morgan fingerprint density at radius 3 is 2.32 bits per heavy atom. The van der Waals surface area contributed by atoms with Crippen LogP contribution < -0.4 is 5.32 Å². The monoisotopic (exact) mass is 304 g/mol. The molecule has 2 aliphatic rings. The third kappa shape index (κ3) is 6.08. The summed E-state index contributed by atoms with van der Waals surface area (Å²) in [4.78, 5) is 13.3. The van der Waals surface area contributed by atoms with E-state index >= 15 is 0 Å². The fourth-order valence-corrected chi connectivity index (χ4v) is 2.79. The quantitative estimate of drug-likeness (QED) is 0.829. The molecule has 22 heavy (non-hydrogen) atoms. The molecule has 1 fully saturated rings. The Morgan fingerprint density at radius 2 is 1.73 bits per heavy atom. The van der Waals surface area contributed by atoms with Gasteiger partial charge in [-0.2, -0.15) is 0 Å². The molecular weight excluding hydrogens is 272 g/mol. The van der Waals surface area contributed by atoms with Crippen molar-refractivity contribution in [3.63, 3.8) is 0 Å². The Labute approximate surface area is 136 Å². The minimum Gasteiger partial charge on any atom is -0.384 e. The third-order valence-corrected chi connectivity index (χ3v) is 3.99. The van der Waals surface area contributed by atoms with Crippen LogP contribution in [-0.4, -0.2) is 30.4 Å². The molecule has 3 rings (SSSR count). The molecule has 0 saturated carbocycles. The lowest BCUT2D eigenvalue weighted by atomic mass is 10.2. The lowest BCUT2D eigenvalue weighted by Crippen LogP contribution is -2.30. The van der Waals surface area contributed by atoms with Crippen molar-refractivity contribution >= 4 is 11.6 Å². The van der Waals surface area contributed by atoms with Gasteiger partial charge in [0.2, 0.25) is 5.91 Å². The maximum atomic E-state index is 11.2. The van der Waals surface area contributed by atoms with Gasteiger partial charge in [0, 0.05) is 31.7 Å². The summed E-state index contributed by atoms with van der Waals surface area (Å²) in [5, 5.41) is 3.30. The van der Waals surface area contributed by atoms with Crippen LogP contribution in [0, 0.1) is 0 Å². The van der Waals surface area contributed by atoms with Crippen molar-refractivity contribution in [1.29, 1.82) is 0 Å². The fourth-order valence-electron chi connectivity index (χ4n) is 2.79. The van der Waals surface area contributed by atoms with Crippen molar-refractivity contribution in [2.24, 2.45) is 0 Å². The standard InChI is InChI=1S/C9H17NO.C8H9N.C2H6/c1-2-9(11)10-7-5-3-4-6-8-10;1-2-4-8-7(3-1)5-6-9-8;1-2/h2-8H2,1H3;1-4,9H,5-6H2;1-2H3. The van der Waals surface area contributed by atoms with Crippen molar-refractivity contribution in [2.45, 2.75) is 59.3 Å². The second-order valence-electron chi connectivity index (χ2n) is 5.48. The first kappa shape index (κ1) is 18.5. The number of para-hydroxylation sites is 1. The van der Waals surface area contributed by atoms with Crippen LogP contribution in [0.4, 0.5) is 5.69 Å².